The van der Waals surface area contributed by atoms with E-state index in [1.165, 1.54) is 18.3 Å². The van der Waals surface area contributed by atoms with Gasteiger partial charge in [-0.2, -0.15) is 5.26 Å². The van der Waals surface area contributed by atoms with Gasteiger partial charge < -0.3 is 9.33 Å². The van der Waals surface area contributed by atoms with E-state index in [2.05, 4.69) is 45.0 Å². The summed E-state index contributed by atoms with van der Waals surface area (Å²) < 4.78 is 36.8. The number of rotatable bonds is 10. The van der Waals surface area contributed by atoms with Crippen molar-refractivity contribution in [1.82, 2.24) is 8.87 Å². The van der Waals surface area contributed by atoms with E-state index in [1.54, 1.807) is 43.3 Å². The van der Waals surface area contributed by atoms with Gasteiger partial charge in [0.1, 0.15) is 17.3 Å². The van der Waals surface area contributed by atoms with Crippen LogP contribution in [0.5, 0.6) is 0 Å². The number of aromatic nitrogens is 1. The van der Waals surface area contributed by atoms with Crippen molar-refractivity contribution in [3.05, 3.63) is 138 Å². The van der Waals surface area contributed by atoms with Crippen LogP contribution in [0, 0.1) is 16.7 Å². The number of carbonyl (C=O) groups excluding carboxylic acids is 1. The van der Waals surface area contributed by atoms with Crippen LogP contribution in [0.15, 0.2) is 132 Å². The summed E-state index contributed by atoms with van der Waals surface area (Å²) in [6.07, 6.45) is 0.978. The summed E-state index contributed by atoms with van der Waals surface area (Å²) in [6.45, 7) is 6.30. The number of benzene rings is 4. The minimum absolute atomic E-state index is 0.0336. The normalized spacial score (nSPS) is 13.0. The highest BCUT2D eigenvalue weighted by atomic mass is 32.2. The van der Waals surface area contributed by atoms with Gasteiger partial charge in [-0.25, -0.2) is 12.4 Å². The Balaban J connectivity index is 1.72. The number of hydrogen-bond acceptors (Lipinski definition) is 6. The predicted octanol–water partition coefficient (Wildman–Crippen LogP) is 5.67. The largest absolute Gasteiger partial charge is 0.403 e. The molecule has 234 valence electrons. The predicted molar refractivity (Wildman–Crippen MR) is 185 cm³/mol. The van der Waals surface area contributed by atoms with E-state index in [0.29, 0.717) is 10.9 Å². The molecule has 0 fully saturated rings. The van der Waals surface area contributed by atoms with Crippen LogP contribution in [0.2, 0.25) is 0 Å². The highest BCUT2D eigenvalue weighted by Crippen LogP contribution is 2.39. The van der Waals surface area contributed by atoms with Crippen LogP contribution in [-0.4, -0.2) is 46.2 Å². The van der Waals surface area contributed by atoms with Crippen molar-refractivity contribution in [1.29, 1.82) is 5.26 Å². The number of nitriles is 1. The third-order valence-electron chi connectivity index (χ3n) is 7.62. The number of Topliss-reactive ketones (excluding diaryl/α,β-unsaturated/α-hetero) is 1. The van der Waals surface area contributed by atoms with Gasteiger partial charge in [0.25, 0.3) is 10.0 Å². The maximum absolute atomic E-state index is 14.3. The van der Waals surface area contributed by atoms with Crippen LogP contribution < -0.4 is 10.4 Å². The van der Waals surface area contributed by atoms with Crippen molar-refractivity contribution in [3.8, 4) is 6.07 Å². The second-order valence-corrected chi connectivity index (χ2v) is 16.6. The quantitative estimate of drug-likeness (QED) is 0.0840. The van der Waals surface area contributed by atoms with Crippen LogP contribution in [-0.2, 0) is 14.4 Å². The summed E-state index contributed by atoms with van der Waals surface area (Å²) in [5, 5.41) is 12.6. The minimum Gasteiger partial charge on any atom is -0.403 e. The smallest absolute Gasteiger partial charge is 0.268 e. The third kappa shape index (κ3) is 6.75. The van der Waals surface area contributed by atoms with Crippen LogP contribution >= 0.6 is 0 Å². The first-order valence-electron chi connectivity index (χ1n) is 15.0. The molecule has 4 aromatic carbocycles. The first kappa shape index (κ1) is 32.6. The van der Waals surface area contributed by atoms with Crippen molar-refractivity contribution < 1.29 is 17.6 Å². The van der Waals surface area contributed by atoms with Crippen molar-refractivity contribution in [2.45, 2.75) is 31.8 Å². The Morgan fingerprint density at radius 1 is 0.870 bits per heavy atom. The second-order valence-electron chi connectivity index (χ2n) is 12.5. The lowest BCUT2D eigenvalue weighted by atomic mass is 9.84. The van der Waals surface area contributed by atoms with Gasteiger partial charge in [0.05, 0.1) is 16.5 Å². The molecule has 5 aromatic rings. The Labute approximate surface area is 272 Å². The maximum atomic E-state index is 14.3. The SMILES string of the molecule is CN(C)/C=C(\C#N)C(=O)c1cc2ccc(C(O[SiH](c3ccccc3)c3ccccc3)C(C)(C)C)cc2n1S(=O)(=O)c1ccccc1. The average Bonchev–Trinajstić information content (AvgIpc) is 3.44. The zero-order valence-electron chi connectivity index (χ0n) is 26.6. The Bertz CT molecular complexity index is 1990. The molecule has 1 aromatic heterocycles. The van der Waals surface area contributed by atoms with E-state index < -0.39 is 31.0 Å². The monoisotopic (exact) mass is 647 g/mol. The standard InChI is InChI=1S/C37H37N3O4SSi/c1-37(2,3)36(44-46(31-17-11-7-12-18-31)32-19-13-8-14-20-32)28-22-21-27-23-34(35(41)29(25-38)26-39(4)5)40(33(27)24-28)45(42,43)30-15-9-6-10-16-30/h6-24,26,36,46H,1-5H3/b29-26+. The minimum atomic E-state index is -4.24. The molecule has 9 heteroatoms. The van der Waals surface area contributed by atoms with Gasteiger partial charge in [0.2, 0.25) is 14.8 Å². The number of hydrogen-bond donors (Lipinski definition) is 0. The fraction of sp³-hybridized carbons (Fsp3) is 0.189. The topological polar surface area (TPSA) is 92.4 Å². The summed E-state index contributed by atoms with van der Waals surface area (Å²) in [7, 11) is -3.06. The molecule has 5 rings (SSSR count). The van der Waals surface area contributed by atoms with Crippen LogP contribution in [0.25, 0.3) is 10.9 Å². The molecule has 46 heavy (non-hydrogen) atoms. The number of fused-ring (bicyclic) bond motifs is 1. The lowest BCUT2D eigenvalue weighted by Gasteiger charge is -2.35. The Hall–Kier alpha value is -4.75. The molecule has 0 radical (unpaired) electrons. The lowest BCUT2D eigenvalue weighted by Crippen LogP contribution is -2.47. The molecule has 0 saturated carbocycles. The molecule has 0 aliphatic heterocycles. The molecule has 0 spiro atoms. The van der Waals surface area contributed by atoms with E-state index in [-0.39, 0.29) is 21.6 Å². The number of carbonyl (C=O) groups is 1. The molecule has 0 saturated heterocycles. The Morgan fingerprint density at radius 2 is 1.41 bits per heavy atom. The van der Waals surface area contributed by atoms with Gasteiger partial charge in [-0.1, -0.05) is 112 Å². The summed E-state index contributed by atoms with van der Waals surface area (Å²) >= 11 is 0. The van der Waals surface area contributed by atoms with Gasteiger partial charge in [0.15, 0.2) is 0 Å². The molecule has 1 unspecified atom stereocenters. The molecule has 0 N–H and O–H groups in total. The number of allylic oxidation sites excluding steroid dienone is 1. The average molecular weight is 648 g/mol. The fourth-order valence-corrected chi connectivity index (χ4v) is 9.73. The summed E-state index contributed by atoms with van der Waals surface area (Å²) in [6, 6.07) is 37.5. The van der Waals surface area contributed by atoms with Crippen molar-refractivity contribution in [3.63, 3.8) is 0 Å². The highest BCUT2D eigenvalue weighted by molar-refractivity contribution is 7.90. The second kappa shape index (κ2) is 13.3. The van der Waals surface area contributed by atoms with E-state index >= 15 is 0 Å². The van der Waals surface area contributed by atoms with Crippen LogP contribution in [0.1, 0.15) is 42.9 Å². The molecule has 0 amide bonds. The molecule has 0 aliphatic carbocycles. The zero-order chi connectivity index (χ0) is 33.1. The maximum Gasteiger partial charge on any atom is 0.268 e. The zero-order valence-corrected chi connectivity index (χ0v) is 28.6. The summed E-state index contributed by atoms with van der Waals surface area (Å²) in [5.41, 5.74) is 0.463. The molecule has 0 bridgehead atoms. The Morgan fingerprint density at radius 3 is 1.91 bits per heavy atom. The molecular formula is C37H37N3O4SSi. The van der Waals surface area contributed by atoms with E-state index in [9.17, 15) is 18.5 Å². The molecule has 7 nitrogen and oxygen atoms in total. The summed E-state index contributed by atoms with van der Waals surface area (Å²) in [4.78, 5) is 15.4. The Kier molecular flexibility index (Phi) is 9.44. The van der Waals surface area contributed by atoms with E-state index in [4.69, 9.17) is 4.43 Å². The fourth-order valence-electron chi connectivity index (χ4n) is 5.53. The van der Waals surface area contributed by atoms with Gasteiger partial charge in [0, 0.05) is 25.7 Å². The van der Waals surface area contributed by atoms with Gasteiger partial charge in [-0.3, -0.25) is 4.79 Å². The van der Waals surface area contributed by atoms with Crippen molar-refractivity contribution in [2.24, 2.45) is 5.41 Å². The molecule has 1 atom stereocenters. The van der Waals surface area contributed by atoms with Crippen molar-refractivity contribution in [2.75, 3.05) is 14.1 Å². The van der Waals surface area contributed by atoms with E-state index in [1.807, 2.05) is 60.7 Å². The van der Waals surface area contributed by atoms with Crippen LogP contribution in [0.3, 0.4) is 0 Å². The van der Waals surface area contributed by atoms with Gasteiger partial charge >= 0.3 is 0 Å². The third-order valence-corrected chi connectivity index (χ3v) is 11.9. The lowest BCUT2D eigenvalue weighted by molar-refractivity contribution is 0.0898. The molecule has 0 aliphatic rings. The first-order chi connectivity index (χ1) is 21.9. The van der Waals surface area contributed by atoms with Gasteiger partial charge in [-0.05, 0) is 45.6 Å². The van der Waals surface area contributed by atoms with E-state index in [0.717, 1.165) is 19.9 Å². The van der Waals surface area contributed by atoms with Crippen LogP contribution in [0.4, 0.5) is 0 Å². The van der Waals surface area contributed by atoms with Crippen molar-refractivity contribution >= 4 is 46.1 Å². The summed E-state index contributed by atoms with van der Waals surface area (Å²) in [5.74, 6) is -0.683. The first-order valence-corrected chi connectivity index (χ1v) is 18.0. The van der Waals surface area contributed by atoms with Gasteiger partial charge in [-0.15, -0.1) is 0 Å². The number of nitrogens with zero attached hydrogens (tertiary/aromatic N) is 3. The molecule has 1 heterocycles. The highest BCUT2D eigenvalue weighted by Gasteiger charge is 2.34. The number of ketones is 1. The molecular weight excluding hydrogens is 611 g/mol.